The lowest BCUT2D eigenvalue weighted by molar-refractivity contribution is 0.516. The van der Waals surface area contributed by atoms with Gasteiger partial charge in [0.05, 0.1) is 0 Å². The van der Waals surface area contributed by atoms with Crippen LogP contribution in [0.25, 0.3) is 0 Å². The predicted molar refractivity (Wildman–Crippen MR) is 189 cm³/mol. The molecular formula is C23H40S11. The second kappa shape index (κ2) is 18.3. The van der Waals surface area contributed by atoms with E-state index < -0.39 is 0 Å². The van der Waals surface area contributed by atoms with E-state index in [0.717, 1.165) is 21.0 Å². The third-order valence-corrected chi connectivity index (χ3v) is 19.9. The SMILES string of the molecule is C(CSCC(CSCCSCC1CS1)(CSCCSCC1CS1)CSCC1CS1)SCC1CS1. The third kappa shape index (κ3) is 15.6. The molecule has 4 saturated heterocycles. The number of thioether (sulfide) groups is 11. The standard InChI is InChI=1S/C23H40S11/c1(24-7-19-11-31-19)4-27-15-23(18-30-10-22-14-34-22,16-28-5-2-25-8-20-12-32-20)17-29-6-3-26-9-21-13-33-21/h19-22H,1-18H2. The summed E-state index contributed by atoms with van der Waals surface area (Å²) in [5.41, 5.74) is 0.523. The molecule has 4 unspecified atom stereocenters. The highest BCUT2D eigenvalue weighted by Crippen LogP contribution is 2.40. The molecule has 4 fully saturated rings. The van der Waals surface area contributed by atoms with Crippen LogP contribution >= 0.6 is 129 Å². The lowest BCUT2D eigenvalue weighted by atomic mass is 9.99. The Morgan fingerprint density at radius 3 is 1.00 bits per heavy atom. The summed E-state index contributed by atoms with van der Waals surface area (Å²) in [6.45, 7) is 0. The van der Waals surface area contributed by atoms with Crippen LogP contribution in [0.4, 0.5) is 0 Å². The highest BCUT2D eigenvalue weighted by atomic mass is 32.2. The molecule has 0 aromatic rings. The zero-order valence-corrected chi connectivity index (χ0v) is 29.0. The van der Waals surface area contributed by atoms with Crippen molar-refractivity contribution >= 4 is 129 Å². The minimum atomic E-state index is 0.523. The van der Waals surface area contributed by atoms with Gasteiger partial charge in [-0.2, -0.15) is 129 Å². The predicted octanol–water partition coefficient (Wildman–Crippen LogP) is 7.57. The quantitative estimate of drug-likeness (QED) is 0.0699. The van der Waals surface area contributed by atoms with Crippen molar-refractivity contribution in [3.8, 4) is 0 Å². The van der Waals surface area contributed by atoms with Crippen molar-refractivity contribution in [3.05, 3.63) is 0 Å². The van der Waals surface area contributed by atoms with Gasteiger partial charge in [-0.3, -0.25) is 0 Å². The van der Waals surface area contributed by atoms with Gasteiger partial charge in [0.25, 0.3) is 0 Å². The average molecular weight is 669 g/mol. The summed E-state index contributed by atoms with van der Waals surface area (Å²) >= 11 is 24.4. The number of hydrogen-bond donors (Lipinski definition) is 0. The number of hydrogen-bond acceptors (Lipinski definition) is 11. The smallest absolute Gasteiger partial charge is 0.0229 e. The zero-order chi connectivity index (χ0) is 23.3. The van der Waals surface area contributed by atoms with E-state index in [-0.39, 0.29) is 0 Å². The summed E-state index contributed by atoms with van der Waals surface area (Å²) in [5, 5.41) is 3.95. The maximum atomic E-state index is 2.29. The van der Waals surface area contributed by atoms with Gasteiger partial charge >= 0.3 is 0 Å². The van der Waals surface area contributed by atoms with Crippen LogP contribution in [0.2, 0.25) is 0 Å². The van der Waals surface area contributed by atoms with Crippen molar-refractivity contribution in [2.24, 2.45) is 5.41 Å². The Hall–Kier alpha value is 3.85. The van der Waals surface area contributed by atoms with Crippen LogP contribution < -0.4 is 0 Å². The molecule has 0 bridgehead atoms. The van der Waals surface area contributed by atoms with Gasteiger partial charge in [0.1, 0.15) is 0 Å². The lowest BCUT2D eigenvalue weighted by Gasteiger charge is -2.33. The van der Waals surface area contributed by atoms with Crippen LogP contribution in [0.5, 0.6) is 0 Å². The molecule has 0 nitrogen and oxygen atoms in total. The largest absolute Gasteiger partial charge is 0.160 e. The van der Waals surface area contributed by atoms with E-state index in [1.807, 2.05) is 0 Å². The van der Waals surface area contributed by atoms with Gasteiger partial charge in [0, 0.05) is 130 Å². The third-order valence-electron chi connectivity index (χ3n) is 5.57. The van der Waals surface area contributed by atoms with Crippen molar-refractivity contribution in [1.82, 2.24) is 0 Å². The molecule has 4 aliphatic rings. The fourth-order valence-electron chi connectivity index (χ4n) is 3.18. The van der Waals surface area contributed by atoms with E-state index in [4.69, 9.17) is 0 Å². The van der Waals surface area contributed by atoms with Crippen LogP contribution in [-0.4, -0.2) is 125 Å². The fourth-order valence-corrected chi connectivity index (χ4v) is 16.6. The second-order valence-electron chi connectivity index (χ2n) is 9.22. The summed E-state index contributed by atoms with van der Waals surface area (Å²) in [6, 6.07) is 0. The maximum absolute atomic E-state index is 2.29. The van der Waals surface area contributed by atoms with E-state index in [9.17, 15) is 0 Å². The topological polar surface area (TPSA) is 0 Å². The summed E-state index contributed by atoms with van der Waals surface area (Å²) in [4.78, 5) is 0. The fraction of sp³-hybridized carbons (Fsp3) is 1.00. The van der Waals surface area contributed by atoms with Gasteiger partial charge in [-0.1, -0.05) is 0 Å². The second-order valence-corrected chi connectivity index (χ2v) is 22.3. The van der Waals surface area contributed by atoms with Gasteiger partial charge < -0.3 is 0 Å². The molecule has 0 aromatic heterocycles. The molecule has 0 aromatic carbocycles. The molecule has 4 rings (SSSR count). The molecule has 34 heavy (non-hydrogen) atoms. The Kier molecular flexibility index (Phi) is 16.6. The number of rotatable bonds is 25. The van der Waals surface area contributed by atoms with Crippen LogP contribution in [-0.2, 0) is 0 Å². The Labute approximate surface area is 256 Å². The van der Waals surface area contributed by atoms with Crippen LogP contribution in [0.1, 0.15) is 0 Å². The first-order chi connectivity index (χ1) is 16.8. The normalized spacial score (nSPS) is 28.6. The first-order valence-electron chi connectivity index (χ1n) is 12.3. The van der Waals surface area contributed by atoms with Crippen molar-refractivity contribution in [3.63, 3.8) is 0 Å². The van der Waals surface area contributed by atoms with E-state index in [2.05, 4.69) is 129 Å². The molecule has 4 heterocycles. The minimum Gasteiger partial charge on any atom is -0.160 e. The first-order valence-corrected chi connectivity index (χ1v) is 24.6. The molecule has 4 atom stereocenters. The molecular weight excluding hydrogens is 629 g/mol. The summed E-state index contributed by atoms with van der Waals surface area (Å²) in [5.74, 6) is 24.9. The Morgan fingerprint density at radius 1 is 0.412 bits per heavy atom. The summed E-state index contributed by atoms with van der Waals surface area (Å²) in [7, 11) is 0. The van der Waals surface area contributed by atoms with Crippen molar-refractivity contribution < 1.29 is 0 Å². The van der Waals surface area contributed by atoms with Gasteiger partial charge in [-0.05, 0) is 0 Å². The van der Waals surface area contributed by atoms with Crippen molar-refractivity contribution in [1.29, 1.82) is 0 Å². The maximum Gasteiger partial charge on any atom is 0.0229 e. The molecule has 0 saturated carbocycles. The Balaban J connectivity index is 1.17. The van der Waals surface area contributed by atoms with Crippen LogP contribution in [0.15, 0.2) is 0 Å². The van der Waals surface area contributed by atoms with Crippen LogP contribution in [0, 0.1) is 5.41 Å². The van der Waals surface area contributed by atoms with E-state index >= 15 is 0 Å². The van der Waals surface area contributed by atoms with E-state index in [0.29, 0.717) is 5.41 Å². The molecule has 0 spiro atoms. The monoisotopic (exact) mass is 668 g/mol. The molecule has 0 radical (unpaired) electrons. The van der Waals surface area contributed by atoms with Gasteiger partial charge in [-0.25, -0.2) is 0 Å². The summed E-state index contributed by atoms with van der Waals surface area (Å²) in [6.07, 6.45) is 0. The molecule has 0 N–H and O–H groups in total. The van der Waals surface area contributed by atoms with Gasteiger partial charge in [0.2, 0.25) is 0 Å². The molecule has 0 amide bonds. The molecule has 11 heteroatoms. The van der Waals surface area contributed by atoms with Gasteiger partial charge in [-0.15, -0.1) is 0 Å². The first kappa shape index (κ1) is 30.8. The molecule has 4 aliphatic heterocycles. The Morgan fingerprint density at radius 2 is 0.676 bits per heavy atom. The highest BCUT2D eigenvalue weighted by Gasteiger charge is 2.32. The molecule has 198 valence electrons. The van der Waals surface area contributed by atoms with E-state index in [1.54, 1.807) is 0 Å². The van der Waals surface area contributed by atoms with E-state index in [1.165, 1.54) is 104 Å². The molecule has 0 aliphatic carbocycles. The average Bonchev–Trinajstić information content (AvgIpc) is 3.66. The lowest BCUT2D eigenvalue weighted by Crippen LogP contribution is -2.34. The van der Waals surface area contributed by atoms with Crippen molar-refractivity contribution in [2.45, 2.75) is 21.0 Å². The minimum absolute atomic E-state index is 0.523. The zero-order valence-electron chi connectivity index (χ0n) is 20.0. The van der Waals surface area contributed by atoms with Gasteiger partial charge in [0.15, 0.2) is 0 Å². The van der Waals surface area contributed by atoms with Crippen LogP contribution in [0.3, 0.4) is 0 Å². The summed E-state index contributed by atoms with van der Waals surface area (Å²) < 4.78 is 0. The van der Waals surface area contributed by atoms with Crippen molar-refractivity contribution in [2.75, 3.05) is 104 Å². The highest BCUT2D eigenvalue weighted by molar-refractivity contribution is 8.10. The Bertz CT molecular complexity index is 475.